The summed E-state index contributed by atoms with van der Waals surface area (Å²) >= 11 is 0. The monoisotopic (exact) mass is 259 g/mol. The first-order valence-electron chi connectivity index (χ1n) is 6.46. The van der Waals surface area contributed by atoms with Crippen LogP contribution in [0.25, 0.3) is 0 Å². The number of aryl methyl sites for hydroxylation is 1. The average Bonchev–Trinajstić information content (AvgIpc) is 3.18. The van der Waals surface area contributed by atoms with Gasteiger partial charge in [0.1, 0.15) is 0 Å². The number of carbonyl (C=O) groups excluding carboxylic acids is 2. The molecule has 5 nitrogen and oxygen atoms in total. The van der Waals surface area contributed by atoms with Gasteiger partial charge in [-0.1, -0.05) is 12.1 Å². The minimum absolute atomic E-state index is 0.165. The molecule has 0 bridgehead atoms. The van der Waals surface area contributed by atoms with Gasteiger partial charge in [-0.15, -0.1) is 0 Å². The highest BCUT2D eigenvalue weighted by Gasteiger charge is 2.56. The maximum atomic E-state index is 12.7. The summed E-state index contributed by atoms with van der Waals surface area (Å²) < 4.78 is 0. The lowest BCUT2D eigenvalue weighted by molar-refractivity contribution is -0.134. The molecular formula is C14H17N3O2. The third-order valence-electron chi connectivity index (χ3n) is 4.15. The fraction of sp³-hybridized carbons (Fsp3) is 0.429. The van der Waals surface area contributed by atoms with Crippen molar-refractivity contribution in [2.75, 3.05) is 4.90 Å². The number of carbonyl (C=O) groups is 2. The van der Waals surface area contributed by atoms with Gasteiger partial charge in [0.05, 0.1) is 0 Å². The quantitative estimate of drug-likeness (QED) is 0.356. The van der Waals surface area contributed by atoms with Gasteiger partial charge < -0.3 is 4.90 Å². The van der Waals surface area contributed by atoms with Gasteiger partial charge in [0.15, 0.2) is 5.41 Å². The number of hydrogen-bond acceptors (Lipinski definition) is 3. The predicted molar refractivity (Wildman–Crippen MR) is 71.4 cm³/mol. The van der Waals surface area contributed by atoms with E-state index in [2.05, 4.69) is 5.43 Å². The van der Waals surface area contributed by atoms with Crippen LogP contribution in [0.4, 0.5) is 5.69 Å². The van der Waals surface area contributed by atoms with Crippen molar-refractivity contribution in [3.8, 4) is 0 Å². The molecule has 1 aromatic carbocycles. The Kier molecular flexibility index (Phi) is 2.44. The zero-order valence-electron chi connectivity index (χ0n) is 11.1. The molecule has 1 aliphatic heterocycles. The number of benzene rings is 1. The predicted octanol–water partition coefficient (Wildman–Crippen LogP) is 0.752. The van der Waals surface area contributed by atoms with Gasteiger partial charge in [-0.05, 0) is 38.3 Å². The summed E-state index contributed by atoms with van der Waals surface area (Å²) in [6.07, 6.45) is 2.00. The minimum atomic E-state index is -1.21. The van der Waals surface area contributed by atoms with Gasteiger partial charge in [0, 0.05) is 17.3 Å². The van der Waals surface area contributed by atoms with E-state index >= 15 is 0 Å². The molecule has 1 unspecified atom stereocenters. The Bertz CT molecular complexity index is 580. The number of anilines is 1. The highest BCUT2D eigenvalue weighted by Crippen LogP contribution is 2.48. The van der Waals surface area contributed by atoms with Crippen LogP contribution in [0, 0.1) is 6.92 Å². The average molecular weight is 259 g/mol. The summed E-state index contributed by atoms with van der Waals surface area (Å²) in [6, 6.07) is 5.99. The van der Waals surface area contributed by atoms with E-state index in [9.17, 15) is 9.59 Å². The van der Waals surface area contributed by atoms with Crippen LogP contribution in [-0.2, 0) is 15.0 Å². The molecule has 1 atom stereocenters. The van der Waals surface area contributed by atoms with Crippen molar-refractivity contribution in [2.24, 2.45) is 5.84 Å². The summed E-state index contributed by atoms with van der Waals surface area (Å²) in [5.74, 6) is 4.66. The first-order chi connectivity index (χ1) is 9.01. The smallest absolute Gasteiger partial charge is 0.253 e. The number of fused-ring (bicyclic) bond motifs is 1. The van der Waals surface area contributed by atoms with Crippen LogP contribution in [0.1, 0.15) is 30.9 Å². The molecule has 1 fully saturated rings. The van der Waals surface area contributed by atoms with Crippen LogP contribution in [0.15, 0.2) is 18.2 Å². The van der Waals surface area contributed by atoms with Crippen molar-refractivity contribution in [1.29, 1.82) is 0 Å². The number of hydrogen-bond donors (Lipinski definition) is 2. The lowest BCUT2D eigenvalue weighted by Crippen LogP contribution is -2.52. The molecule has 5 heteroatoms. The SMILES string of the molecule is Cc1cccc2c1C(C)(C(=O)NN)C(=O)N2C1CC1. The lowest BCUT2D eigenvalue weighted by Gasteiger charge is -2.23. The third kappa shape index (κ3) is 1.45. The second kappa shape index (κ2) is 3.81. The summed E-state index contributed by atoms with van der Waals surface area (Å²) in [4.78, 5) is 26.7. The number of nitrogens with zero attached hydrogens (tertiary/aromatic N) is 1. The van der Waals surface area contributed by atoms with Gasteiger partial charge in [0.2, 0.25) is 5.91 Å². The minimum Gasteiger partial charge on any atom is -0.308 e. The first kappa shape index (κ1) is 12.2. The van der Waals surface area contributed by atoms with Crippen molar-refractivity contribution < 1.29 is 9.59 Å². The fourth-order valence-corrected chi connectivity index (χ4v) is 3.01. The van der Waals surface area contributed by atoms with Crippen LogP contribution >= 0.6 is 0 Å². The number of nitrogens with one attached hydrogen (secondary N) is 1. The van der Waals surface area contributed by atoms with Gasteiger partial charge >= 0.3 is 0 Å². The molecule has 0 radical (unpaired) electrons. The van der Waals surface area contributed by atoms with Gasteiger partial charge in [0.25, 0.3) is 5.91 Å². The Balaban J connectivity index is 2.23. The highest BCUT2D eigenvalue weighted by molar-refractivity contribution is 6.22. The first-order valence-corrected chi connectivity index (χ1v) is 6.46. The van der Waals surface area contributed by atoms with Crippen LogP contribution in [0.3, 0.4) is 0 Å². The van der Waals surface area contributed by atoms with E-state index in [1.54, 1.807) is 11.8 Å². The molecule has 100 valence electrons. The Hall–Kier alpha value is -1.88. The highest BCUT2D eigenvalue weighted by atomic mass is 16.2. The molecular weight excluding hydrogens is 242 g/mol. The third-order valence-corrected chi connectivity index (χ3v) is 4.15. The number of hydrazine groups is 1. The number of rotatable bonds is 2. The molecule has 1 aliphatic carbocycles. The summed E-state index contributed by atoms with van der Waals surface area (Å²) in [5.41, 5.74) is 3.52. The summed E-state index contributed by atoms with van der Waals surface area (Å²) in [7, 11) is 0. The van der Waals surface area contributed by atoms with E-state index in [1.165, 1.54) is 0 Å². The Morgan fingerprint density at radius 1 is 1.47 bits per heavy atom. The van der Waals surface area contributed by atoms with Gasteiger partial charge in [-0.25, -0.2) is 5.84 Å². The maximum Gasteiger partial charge on any atom is 0.253 e. The van der Waals surface area contributed by atoms with Crippen molar-refractivity contribution in [3.05, 3.63) is 29.3 Å². The Labute approximate surface area is 111 Å². The van der Waals surface area contributed by atoms with Crippen molar-refractivity contribution >= 4 is 17.5 Å². The topological polar surface area (TPSA) is 75.4 Å². The van der Waals surface area contributed by atoms with Crippen molar-refractivity contribution in [3.63, 3.8) is 0 Å². The van der Waals surface area contributed by atoms with E-state index in [-0.39, 0.29) is 11.9 Å². The van der Waals surface area contributed by atoms with E-state index in [0.717, 1.165) is 29.7 Å². The second-order valence-electron chi connectivity index (χ2n) is 5.47. The number of nitrogens with two attached hydrogens (primary N) is 1. The molecule has 19 heavy (non-hydrogen) atoms. The Morgan fingerprint density at radius 2 is 2.16 bits per heavy atom. The van der Waals surface area contributed by atoms with Crippen molar-refractivity contribution in [1.82, 2.24) is 5.43 Å². The molecule has 3 N–H and O–H groups in total. The van der Waals surface area contributed by atoms with E-state index in [0.29, 0.717) is 0 Å². The van der Waals surface area contributed by atoms with Crippen LogP contribution < -0.4 is 16.2 Å². The molecule has 0 spiro atoms. The van der Waals surface area contributed by atoms with Crippen LogP contribution in [-0.4, -0.2) is 17.9 Å². The largest absolute Gasteiger partial charge is 0.308 e. The van der Waals surface area contributed by atoms with E-state index in [4.69, 9.17) is 5.84 Å². The maximum absolute atomic E-state index is 12.7. The molecule has 0 saturated heterocycles. The molecule has 0 aromatic heterocycles. The molecule has 3 rings (SSSR count). The molecule has 2 aliphatic rings. The van der Waals surface area contributed by atoms with Gasteiger partial charge in [-0.3, -0.25) is 15.0 Å². The summed E-state index contributed by atoms with van der Waals surface area (Å²) in [5, 5.41) is 0. The van der Waals surface area contributed by atoms with Crippen LogP contribution in [0.5, 0.6) is 0 Å². The number of amides is 2. The standard InChI is InChI=1S/C14H17N3O2/c1-8-4-3-5-10-11(8)14(2,12(18)16-15)13(19)17(10)9-6-7-9/h3-5,9H,6-7,15H2,1-2H3,(H,16,18). The van der Waals surface area contributed by atoms with Crippen LogP contribution in [0.2, 0.25) is 0 Å². The molecule has 2 amide bonds. The zero-order chi connectivity index (χ0) is 13.8. The zero-order valence-corrected chi connectivity index (χ0v) is 11.1. The van der Waals surface area contributed by atoms with E-state index in [1.807, 2.05) is 25.1 Å². The normalized spacial score (nSPS) is 25.4. The fourth-order valence-electron chi connectivity index (χ4n) is 3.01. The van der Waals surface area contributed by atoms with E-state index < -0.39 is 11.3 Å². The second-order valence-corrected chi connectivity index (χ2v) is 5.47. The lowest BCUT2D eigenvalue weighted by atomic mass is 9.80. The molecule has 1 aromatic rings. The molecule has 1 saturated carbocycles. The summed E-state index contributed by atoms with van der Waals surface area (Å²) in [6.45, 7) is 3.58. The van der Waals surface area contributed by atoms with Gasteiger partial charge in [-0.2, -0.15) is 0 Å². The molecule has 1 heterocycles. The van der Waals surface area contributed by atoms with Crippen molar-refractivity contribution in [2.45, 2.75) is 38.1 Å². The Morgan fingerprint density at radius 3 is 2.74 bits per heavy atom.